The summed E-state index contributed by atoms with van der Waals surface area (Å²) in [6, 6.07) is 2.56. The third-order valence-electron chi connectivity index (χ3n) is 2.57. The first-order valence-corrected chi connectivity index (χ1v) is 7.60. The lowest BCUT2D eigenvalue weighted by Crippen LogP contribution is -2.14. The number of hydrogen-bond acceptors (Lipinski definition) is 6. The van der Waals surface area contributed by atoms with Crippen LogP contribution < -0.4 is 5.32 Å². The number of nitrogens with one attached hydrogen (secondary N) is 1. The number of thiazole rings is 1. The lowest BCUT2D eigenvalue weighted by molar-refractivity contribution is -0.141. The second-order valence-electron chi connectivity index (χ2n) is 4.24. The second kappa shape index (κ2) is 7.14. The minimum absolute atomic E-state index is 0.0463. The second-order valence-corrected chi connectivity index (χ2v) is 5.62. The standard InChI is InChI=1S/C13H9ClF3N3O3S/c1-2-23-11(22)8-9(13(15,16)17)19-12(24-8)20-10(21)6-3-4-18-7(14)5-6/h3-5H,2H2,1H3,(H,19,20,21). The summed E-state index contributed by atoms with van der Waals surface area (Å²) in [6.07, 6.45) is -3.59. The van der Waals surface area contributed by atoms with Gasteiger partial charge in [0.2, 0.25) is 0 Å². The van der Waals surface area contributed by atoms with E-state index >= 15 is 0 Å². The highest BCUT2D eigenvalue weighted by atomic mass is 35.5. The predicted molar refractivity (Wildman–Crippen MR) is 80.3 cm³/mol. The number of halogens is 4. The van der Waals surface area contributed by atoms with Gasteiger partial charge in [-0.15, -0.1) is 0 Å². The van der Waals surface area contributed by atoms with Gasteiger partial charge in [-0.05, 0) is 19.1 Å². The van der Waals surface area contributed by atoms with E-state index in [0.29, 0.717) is 11.3 Å². The Morgan fingerprint density at radius 2 is 2.12 bits per heavy atom. The van der Waals surface area contributed by atoms with E-state index in [0.717, 1.165) is 0 Å². The molecule has 0 saturated carbocycles. The molecule has 128 valence electrons. The summed E-state index contributed by atoms with van der Waals surface area (Å²) in [7, 11) is 0. The SMILES string of the molecule is CCOC(=O)c1sc(NC(=O)c2ccnc(Cl)c2)nc1C(F)(F)F. The molecular formula is C13H9ClF3N3O3S. The highest BCUT2D eigenvalue weighted by molar-refractivity contribution is 7.17. The largest absolute Gasteiger partial charge is 0.462 e. The lowest BCUT2D eigenvalue weighted by Gasteiger charge is -2.05. The summed E-state index contributed by atoms with van der Waals surface area (Å²) in [4.78, 5) is 29.9. The summed E-state index contributed by atoms with van der Waals surface area (Å²) >= 11 is 6.02. The monoisotopic (exact) mass is 379 g/mol. The number of amides is 1. The molecule has 2 heterocycles. The van der Waals surface area contributed by atoms with Crippen LogP contribution in [0.3, 0.4) is 0 Å². The van der Waals surface area contributed by atoms with Crippen molar-refractivity contribution in [2.75, 3.05) is 11.9 Å². The van der Waals surface area contributed by atoms with Gasteiger partial charge in [0.05, 0.1) is 6.61 Å². The first kappa shape index (κ1) is 18.1. The molecule has 1 amide bonds. The minimum atomic E-state index is -4.86. The number of anilines is 1. The van der Waals surface area contributed by atoms with Crippen LogP contribution in [0, 0.1) is 0 Å². The molecule has 0 aromatic carbocycles. The van der Waals surface area contributed by atoms with Crippen molar-refractivity contribution < 1.29 is 27.5 Å². The highest BCUT2D eigenvalue weighted by Crippen LogP contribution is 2.36. The molecule has 0 aliphatic heterocycles. The molecule has 1 N–H and O–H groups in total. The Bertz CT molecular complexity index is 779. The molecule has 2 rings (SSSR count). The van der Waals surface area contributed by atoms with Gasteiger partial charge in [-0.3, -0.25) is 10.1 Å². The van der Waals surface area contributed by atoms with Gasteiger partial charge in [0.25, 0.3) is 5.91 Å². The maximum atomic E-state index is 13.0. The topological polar surface area (TPSA) is 81.2 Å². The number of carbonyl (C=O) groups excluding carboxylic acids is 2. The fourth-order valence-electron chi connectivity index (χ4n) is 1.61. The summed E-state index contributed by atoms with van der Waals surface area (Å²) in [5.41, 5.74) is -1.33. The van der Waals surface area contributed by atoms with Gasteiger partial charge in [0.15, 0.2) is 10.8 Å². The molecule has 11 heteroatoms. The third kappa shape index (κ3) is 4.20. The third-order valence-corrected chi connectivity index (χ3v) is 3.72. The zero-order valence-corrected chi connectivity index (χ0v) is 13.6. The van der Waals surface area contributed by atoms with Crippen LogP contribution in [0.2, 0.25) is 5.15 Å². The number of carbonyl (C=O) groups is 2. The maximum absolute atomic E-state index is 13.0. The zero-order chi connectivity index (χ0) is 17.9. The quantitative estimate of drug-likeness (QED) is 0.648. The number of hydrogen-bond donors (Lipinski definition) is 1. The number of alkyl halides is 3. The van der Waals surface area contributed by atoms with E-state index in [1.807, 2.05) is 0 Å². The van der Waals surface area contributed by atoms with Crippen LogP contribution in [0.5, 0.6) is 0 Å². The smallest absolute Gasteiger partial charge is 0.435 e. The van der Waals surface area contributed by atoms with Gasteiger partial charge in [-0.25, -0.2) is 14.8 Å². The Balaban J connectivity index is 2.31. The molecule has 0 bridgehead atoms. The van der Waals surface area contributed by atoms with E-state index in [1.165, 1.54) is 25.3 Å². The molecule has 2 aromatic heterocycles. The molecule has 0 unspecified atom stereocenters. The molecular weight excluding hydrogens is 371 g/mol. The number of pyridine rings is 1. The van der Waals surface area contributed by atoms with E-state index in [2.05, 4.69) is 20.0 Å². The van der Waals surface area contributed by atoms with Crippen LogP contribution in [0.15, 0.2) is 18.3 Å². The fourth-order valence-corrected chi connectivity index (χ4v) is 2.66. The Kier molecular flexibility index (Phi) is 5.40. The van der Waals surface area contributed by atoms with Gasteiger partial charge in [0.1, 0.15) is 10.0 Å². The first-order valence-electron chi connectivity index (χ1n) is 6.40. The average molecular weight is 380 g/mol. The average Bonchev–Trinajstić information content (AvgIpc) is 2.91. The number of aromatic nitrogens is 2. The summed E-state index contributed by atoms with van der Waals surface area (Å²) in [5.74, 6) is -1.90. The van der Waals surface area contributed by atoms with E-state index in [4.69, 9.17) is 11.6 Å². The van der Waals surface area contributed by atoms with Crippen LogP contribution in [0.4, 0.5) is 18.3 Å². The van der Waals surface area contributed by atoms with Crippen molar-refractivity contribution in [2.45, 2.75) is 13.1 Å². The van der Waals surface area contributed by atoms with Crippen LogP contribution in [-0.4, -0.2) is 28.5 Å². The molecule has 0 saturated heterocycles. The molecule has 0 aliphatic carbocycles. The minimum Gasteiger partial charge on any atom is -0.462 e. The van der Waals surface area contributed by atoms with Crippen molar-refractivity contribution in [1.82, 2.24) is 9.97 Å². The molecule has 0 atom stereocenters. The van der Waals surface area contributed by atoms with Gasteiger partial charge in [0, 0.05) is 11.8 Å². The highest BCUT2D eigenvalue weighted by Gasteiger charge is 2.40. The molecule has 6 nitrogen and oxygen atoms in total. The Morgan fingerprint density at radius 1 is 1.42 bits per heavy atom. The maximum Gasteiger partial charge on any atom is 0.435 e. The van der Waals surface area contributed by atoms with Gasteiger partial charge < -0.3 is 4.74 Å². The summed E-state index contributed by atoms with van der Waals surface area (Å²) in [5, 5.41) is 1.85. The lowest BCUT2D eigenvalue weighted by atomic mass is 10.2. The number of esters is 1. The number of ether oxygens (including phenoxy) is 1. The molecule has 0 aliphatic rings. The zero-order valence-electron chi connectivity index (χ0n) is 12.0. The molecule has 0 fully saturated rings. The van der Waals surface area contributed by atoms with Crippen molar-refractivity contribution >= 4 is 39.9 Å². The predicted octanol–water partition coefficient (Wildman–Crippen LogP) is 3.64. The van der Waals surface area contributed by atoms with Gasteiger partial charge in [-0.1, -0.05) is 22.9 Å². The molecule has 2 aromatic rings. The molecule has 24 heavy (non-hydrogen) atoms. The van der Waals surface area contributed by atoms with Crippen molar-refractivity contribution in [3.63, 3.8) is 0 Å². The van der Waals surface area contributed by atoms with Gasteiger partial charge in [-0.2, -0.15) is 13.2 Å². The molecule has 0 spiro atoms. The Labute approximate surface area is 142 Å². The van der Waals surface area contributed by atoms with E-state index in [-0.39, 0.29) is 22.5 Å². The number of rotatable bonds is 4. The van der Waals surface area contributed by atoms with Gasteiger partial charge >= 0.3 is 12.1 Å². The first-order chi connectivity index (χ1) is 11.2. The van der Waals surface area contributed by atoms with Crippen molar-refractivity contribution in [3.05, 3.63) is 39.6 Å². The van der Waals surface area contributed by atoms with Crippen molar-refractivity contribution in [2.24, 2.45) is 0 Å². The van der Waals surface area contributed by atoms with E-state index < -0.39 is 28.6 Å². The van der Waals surface area contributed by atoms with Crippen LogP contribution >= 0.6 is 22.9 Å². The van der Waals surface area contributed by atoms with Crippen LogP contribution in [0.1, 0.15) is 32.6 Å². The summed E-state index contributed by atoms with van der Waals surface area (Å²) in [6.45, 7) is 1.37. The Hall–Kier alpha value is -2.20. The fraction of sp³-hybridized carbons (Fsp3) is 0.231. The van der Waals surface area contributed by atoms with E-state index in [1.54, 1.807) is 0 Å². The summed E-state index contributed by atoms with van der Waals surface area (Å²) < 4.78 is 43.5. The molecule has 0 radical (unpaired) electrons. The van der Waals surface area contributed by atoms with Crippen LogP contribution in [0.25, 0.3) is 0 Å². The van der Waals surface area contributed by atoms with Crippen molar-refractivity contribution in [3.8, 4) is 0 Å². The normalized spacial score (nSPS) is 11.2. The van der Waals surface area contributed by atoms with Crippen LogP contribution in [-0.2, 0) is 10.9 Å². The number of nitrogens with zero attached hydrogens (tertiary/aromatic N) is 2. The van der Waals surface area contributed by atoms with Crippen molar-refractivity contribution in [1.29, 1.82) is 0 Å². The Morgan fingerprint density at radius 3 is 2.71 bits per heavy atom. The van der Waals surface area contributed by atoms with E-state index in [9.17, 15) is 22.8 Å².